The number of nitrogens with zero attached hydrogens (tertiary/aromatic N) is 1. The van der Waals surface area contributed by atoms with Gasteiger partial charge in [-0.1, -0.05) is 38.1 Å². The summed E-state index contributed by atoms with van der Waals surface area (Å²) in [5, 5.41) is 3.54. The molecule has 1 amide bonds. The summed E-state index contributed by atoms with van der Waals surface area (Å²) in [6.07, 6.45) is 1.95. The van der Waals surface area contributed by atoms with Crippen molar-refractivity contribution in [1.29, 1.82) is 0 Å². The number of nitrogens with one attached hydrogen (secondary N) is 1. The molecular weight excluding hydrogens is 310 g/mol. The van der Waals surface area contributed by atoms with E-state index in [1.165, 1.54) is 11.1 Å². The fraction of sp³-hybridized carbons (Fsp3) is 0.381. The minimum absolute atomic E-state index is 0.390. The fourth-order valence-corrected chi connectivity index (χ4v) is 3.67. The fourth-order valence-electron chi connectivity index (χ4n) is 3.67. The molecule has 3 rings (SSSR count). The van der Waals surface area contributed by atoms with E-state index in [0.29, 0.717) is 18.4 Å². The van der Waals surface area contributed by atoms with Crippen molar-refractivity contribution in [3.63, 3.8) is 0 Å². The number of hydrogen-bond donors (Lipinski definition) is 2. The number of rotatable bonds is 6. The maximum absolute atomic E-state index is 11.0. The molecule has 4 nitrogen and oxygen atoms in total. The van der Waals surface area contributed by atoms with E-state index in [0.717, 1.165) is 42.9 Å². The summed E-state index contributed by atoms with van der Waals surface area (Å²) in [5.41, 5.74) is 11.9. The Labute approximate surface area is 150 Å². The number of hydrogen-bond acceptors (Lipinski definition) is 3. The Kier molecular flexibility index (Phi) is 5.39. The molecule has 1 heterocycles. The molecule has 1 aliphatic heterocycles. The number of nitrogens with two attached hydrogens (primary N) is 1. The van der Waals surface area contributed by atoms with E-state index in [9.17, 15) is 4.79 Å². The van der Waals surface area contributed by atoms with E-state index in [4.69, 9.17) is 5.73 Å². The van der Waals surface area contributed by atoms with Gasteiger partial charge in [-0.2, -0.15) is 0 Å². The first-order valence-electron chi connectivity index (χ1n) is 9.00. The minimum Gasteiger partial charge on any atom is -0.355 e. The van der Waals surface area contributed by atoms with Gasteiger partial charge in [-0.05, 0) is 47.2 Å². The monoisotopic (exact) mass is 337 g/mol. The third-order valence-corrected chi connectivity index (χ3v) is 5.03. The number of carbonyl (C=O) groups excluding carboxylic acids is 1. The highest BCUT2D eigenvalue weighted by atomic mass is 16.1. The average molecular weight is 337 g/mol. The third kappa shape index (κ3) is 3.85. The maximum atomic E-state index is 11.0. The predicted octanol–water partition coefficient (Wildman–Crippen LogP) is 3.96. The highest BCUT2D eigenvalue weighted by molar-refractivity contribution is 5.65. The minimum atomic E-state index is 0.390. The van der Waals surface area contributed by atoms with Crippen LogP contribution in [0.2, 0.25) is 0 Å². The Morgan fingerprint density at radius 2 is 2.08 bits per heavy atom. The van der Waals surface area contributed by atoms with Crippen LogP contribution in [0.1, 0.15) is 48.8 Å². The molecule has 2 aromatic rings. The highest BCUT2D eigenvalue weighted by Crippen LogP contribution is 2.32. The van der Waals surface area contributed by atoms with E-state index in [1.54, 1.807) is 0 Å². The van der Waals surface area contributed by atoms with Crippen LogP contribution >= 0.6 is 0 Å². The van der Waals surface area contributed by atoms with Gasteiger partial charge in [-0.3, -0.25) is 4.79 Å². The number of carbonyl (C=O) groups is 1. The second kappa shape index (κ2) is 7.70. The van der Waals surface area contributed by atoms with Crippen LogP contribution in [0.4, 0.5) is 11.4 Å². The average Bonchev–Trinajstić information content (AvgIpc) is 3.11. The van der Waals surface area contributed by atoms with E-state index in [-0.39, 0.29) is 0 Å². The summed E-state index contributed by atoms with van der Waals surface area (Å²) in [4.78, 5) is 12.8. The summed E-state index contributed by atoms with van der Waals surface area (Å²) < 4.78 is 0. The molecule has 1 aliphatic rings. The molecular formula is C21H27N3O. The second-order valence-corrected chi connectivity index (χ2v) is 7.07. The van der Waals surface area contributed by atoms with Crippen molar-refractivity contribution in [2.45, 2.75) is 38.6 Å². The number of amides is 1. The molecule has 3 N–H and O–H groups in total. The van der Waals surface area contributed by atoms with Gasteiger partial charge < -0.3 is 16.0 Å². The summed E-state index contributed by atoms with van der Waals surface area (Å²) >= 11 is 0. The van der Waals surface area contributed by atoms with Crippen molar-refractivity contribution in [3.05, 3.63) is 59.2 Å². The smallest absolute Gasteiger partial charge is 0.209 e. The molecule has 0 bridgehead atoms. The Hall–Kier alpha value is -2.33. The number of para-hydroxylation sites is 1. The topological polar surface area (TPSA) is 58.4 Å². The first kappa shape index (κ1) is 17.5. The normalized spacial score (nSPS) is 17.1. The Morgan fingerprint density at radius 1 is 1.28 bits per heavy atom. The van der Waals surface area contributed by atoms with Crippen molar-refractivity contribution in [2.24, 2.45) is 5.73 Å². The lowest BCUT2D eigenvalue weighted by atomic mass is 9.93. The van der Waals surface area contributed by atoms with Gasteiger partial charge in [0.2, 0.25) is 6.41 Å². The lowest BCUT2D eigenvalue weighted by molar-refractivity contribution is -0.117. The quantitative estimate of drug-likeness (QED) is 0.785. The molecule has 1 atom stereocenters. The summed E-state index contributed by atoms with van der Waals surface area (Å²) in [5.74, 6) is 0.852. The SMILES string of the molecule is CC(C)c1ccccc1Nc1ccc(C2CCN(C=O)C2)c(CN)c1. The van der Waals surface area contributed by atoms with E-state index < -0.39 is 0 Å². The standard InChI is InChI=1S/C21H27N3O/c1-15(2)19-5-3-4-6-21(19)23-18-7-8-20(17(11-18)12-22)16-9-10-24(13-16)14-25/h3-8,11,14-16,23H,9-10,12-13,22H2,1-2H3. The first-order chi connectivity index (χ1) is 12.1. The Balaban J connectivity index is 1.84. The van der Waals surface area contributed by atoms with Gasteiger partial charge in [-0.15, -0.1) is 0 Å². The number of anilines is 2. The van der Waals surface area contributed by atoms with Crippen LogP contribution in [0.15, 0.2) is 42.5 Å². The number of likely N-dealkylation sites (tertiary alicyclic amines) is 1. The zero-order chi connectivity index (χ0) is 17.8. The van der Waals surface area contributed by atoms with Gasteiger partial charge in [-0.25, -0.2) is 0 Å². The molecule has 132 valence electrons. The Bertz CT molecular complexity index is 742. The van der Waals surface area contributed by atoms with Gasteiger partial charge in [0, 0.05) is 36.9 Å². The molecule has 2 aromatic carbocycles. The lowest BCUT2D eigenvalue weighted by Crippen LogP contribution is -2.18. The third-order valence-electron chi connectivity index (χ3n) is 5.03. The molecule has 0 radical (unpaired) electrons. The van der Waals surface area contributed by atoms with Gasteiger partial charge in [0.05, 0.1) is 0 Å². The maximum Gasteiger partial charge on any atom is 0.209 e. The first-order valence-corrected chi connectivity index (χ1v) is 9.00. The van der Waals surface area contributed by atoms with Crippen LogP contribution in [0.3, 0.4) is 0 Å². The highest BCUT2D eigenvalue weighted by Gasteiger charge is 2.24. The van der Waals surface area contributed by atoms with Crippen LogP contribution < -0.4 is 11.1 Å². The molecule has 0 spiro atoms. The molecule has 1 fully saturated rings. The van der Waals surface area contributed by atoms with Crippen molar-refractivity contribution in [2.75, 3.05) is 18.4 Å². The lowest BCUT2D eigenvalue weighted by Gasteiger charge is -2.18. The molecule has 0 aromatic heterocycles. The molecule has 0 aliphatic carbocycles. The van der Waals surface area contributed by atoms with Crippen LogP contribution in [0.5, 0.6) is 0 Å². The van der Waals surface area contributed by atoms with E-state index in [1.807, 2.05) is 4.90 Å². The summed E-state index contributed by atoms with van der Waals surface area (Å²) in [7, 11) is 0. The van der Waals surface area contributed by atoms with Crippen molar-refractivity contribution >= 4 is 17.8 Å². The zero-order valence-electron chi connectivity index (χ0n) is 15.0. The molecule has 4 heteroatoms. The molecule has 1 unspecified atom stereocenters. The summed E-state index contributed by atoms with van der Waals surface area (Å²) in [6, 6.07) is 14.8. The zero-order valence-corrected chi connectivity index (χ0v) is 15.0. The van der Waals surface area contributed by atoms with Crippen molar-refractivity contribution in [3.8, 4) is 0 Å². The van der Waals surface area contributed by atoms with Crippen molar-refractivity contribution in [1.82, 2.24) is 4.90 Å². The van der Waals surface area contributed by atoms with Crippen LogP contribution in [0, 0.1) is 0 Å². The van der Waals surface area contributed by atoms with Gasteiger partial charge in [0.25, 0.3) is 0 Å². The predicted molar refractivity (Wildman–Crippen MR) is 103 cm³/mol. The van der Waals surface area contributed by atoms with Gasteiger partial charge in [0.15, 0.2) is 0 Å². The molecule has 1 saturated heterocycles. The van der Waals surface area contributed by atoms with Gasteiger partial charge in [0.1, 0.15) is 0 Å². The largest absolute Gasteiger partial charge is 0.355 e. The molecule has 0 saturated carbocycles. The van der Waals surface area contributed by atoms with E-state index in [2.05, 4.69) is 61.6 Å². The Morgan fingerprint density at radius 3 is 2.76 bits per heavy atom. The van der Waals surface area contributed by atoms with Crippen LogP contribution in [-0.2, 0) is 11.3 Å². The van der Waals surface area contributed by atoms with E-state index >= 15 is 0 Å². The summed E-state index contributed by atoms with van der Waals surface area (Å²) in [6.45, 7) is 6.54. The second-order valence-electron chi connectivity index (χ2n) is 7.07. The number of benzene rings is 2. The van der Waals surface area contributed by atoms with Crippen molar-refractivity contribution < 1.29 is 4.79 Å². The van der Waals surface area contributed by atoms with Crippen LogP contribution in [-0.4, -0.2) is 24.4 Å². The van der Waals surface area contributed by atoms with Gasteiger partial charge >= 0.3 is 0 Å². The molecule has 25 heavy (non-hydrogen) atoms. The van der Waals surface area contributed by atoms with Crippen LogP contribution in [0.25, 0.3) is 0 Å².